The lowest BCUT2D eigenvalue weighted by atomic mass is 10.0. The van der Waals surface area contributed by atoms with Crippen LogP contribution in [0, 0.1) is 0 Å². The van der Waals surface area contributed by atoms with Gasteiger partial charge in [0.1, 0.15) is 0 Å². The summed E-state index contributed by atoms with van der Waals surface area (Å²) in [5.74, 6) is 0. The normalized spacial score (nSPS) is 33.4. The number of likely N-dealkylation sites (tertiary alicyclic amines) is 1. The minimum Gasteiger partial charge on any atom is -0.306 e. The average Bonchev–Trinajstić information content (AvgIpc) is 2.23. The number of hydrogen-bond donors (Lipinski definition) is 0. The van der Waals surface area contributed by atoms with Crippen LogP contribution >= 0.6 is 0 Å². The van der Waals surface area contributed by atoms with Crippen LogP contribution in [0.2, 0.25) is 0 Å². The zero-order chi connectivity index (χ0) is 10.8. The molecule has 0 saturated carbocycles. The van der Waals surface area contributed by atoms with Crippen molar-refractivity contribution in [3.8, 4) is 0 Å². The van der Waals surface area contributed by atoms with Crippen LogP contribution in [0.4, 0.5) is 0 Å². The minimum atomic E-state index is 0.735. The summed E-state index contributed by atoms with van der Waals surface area (Å²) in [7, 11) is 4.49. The van der Waals surface area contributed by atoms with E-state index in [2.05, 4.69) is 35.7 Å². The van der Waals surface area contributed by atoms with Crippen molar-refractivity contribution in [2.24, 2.45) is 0 Å². The minimum absolute atomic E-state index is 0.735. The van der Waals surface area contributed by atoms with Crippen LogP contribution in [0.3, 0.4) is 0 Å². The number of rotatable bonds is 1. The molecule has 15 heavy (non-hydrogen) atoms. The topological polar surface area (TPSA) is 9.72 Å². The van der Waals surface area contributed by atoms with Crippen LogP contribution in [0.25, 0.3) is 0 Å². The first-order valence-corrected chi connectivity index (χ1v) is 6.29. The lowest BCUT2D eigenvalue weighted by Gasteiger charge is -2.44. The predicted octanol–water partition coefficient (Wildman–Crippen LogP) is 0.717. The smallest absolute Gasteiger partial charge is 0.0192 e. The Morgan fingerprint density at radius 3 is 2.20 bits per heavy atom. The Bertz CT molecular complexity index is 199. The predicted molar refractivity (Wildman–Crippen MR) is 64.2 cm³/mol. The summed E-state index contributed by atoms with van der Waals surface area (Å²) < 4.78 is 0. The summed E-state index contributed by atoms with van der Waals surface area (Å²) in [4.78, 5) is 7.65. The summed E-state index contributed by atoms with van der Waals surface area (Å²) in [6.45, 7) is 8.70. The average molecular weight is 211 g/mol. The van der Waals surface area contributed by atoms with E-state index in [9.17, 15) is 0 Å². The van der Waals surface area contributed by atoms with Crippen molar-refractivity contribution in [2.75, 3.05) is 46.8 Å². The number of piperidine rings is 1. The molecule has 2 aliphatic rings. The third kappa shape index (κ3) is 2.71. The van der Waals surface area contributed by atoms with Gasteiger partial charge < -0.3 is 9.80 Å². The van der Waals surface area contributed by atoms with E-state index in [0.29, 0.717) is 0 Å². The Balaban J connectivity index is 1.84. The van der Waals surface area contributed by atoms with Gasteiger partial charge in [-0.25, -0.2) is 0 Å². The SMILES string of the molecule is C[C@@H]1CN(C2CCN(C)CC2)CCN1C. The highest BCUT2D eigenvalue weighted by molar-refractivity contribution is 4.84. The second-order valence-electron chi connectivity index (χ2n) is 5.36. The first kappa shape index (κ1) is 11.4. The second-order valence-corrected chi connectivity index (χ2v) is 5.36. The molecule has 2 fully saturated rings. The molecule has 3 heteroatoms. The Morgan fingerprint density at radius 1 is 0.933 bits per heavy atom. The van der Waals surface area contributed by atoms with E-state index in [0.717, 1.165) is 12.1 Å². The van der Waals surface area contributed by atoms with Crippen LogP contribution in [-0.2, 0) is 0 Å². The molecule has 2 saturated heterocycles. The summed E-state index contributed by atoms with van der Waals surface area (Å²) in [6, 6.07) is 1.59. The highest BCUT2D eigenvalue weighted by Crippen LogP contribution is 2.18. The van der Waals surface area contributed by atoms with E-state index in [1.807, 2.05) is 0 Å². The van der Waals surface area contributed by atoms with Crippen molar-refractivity contribution < 1.29 is 0 Å². The van der Waals surface area contributed by atoms with Gasteiger partial charge in [0.25, 0.3) is 0 Å². The van der Waals surface area contributed by atoms with Crippen molar-refractivity contribution in [2.45, 2.75) is 31.8 Å². The van der Waals surface area contributed by atoms with Crippen molar-refractivity contribution in [3.05, 3.63) is 0 Å². The number of piperazine rings is 1. The lowest BCUT2D eigenvalue weighted by molar-refractivity contribution is 0.0463. The Morgan fingerprint density at radius 2 is 1.60 bits per heavy atom. The molecule has 0 bridgehead atoms. The summed E-state index contributed by atoms with van der Waals surface area (Å²) in [6.07, 6.45) is 2.74. The van der Waals surface area contributed by atoms with Crippen LogP contribution in [-0.4, -0.2) is 73.6 Å². The zero-order valence-corrected chi connectivity index (χ0v) is 10.4. The monoisotopic (exact) mass is 211 g/mol. The summed E-state index contributed by atoms with van der Waals surface area (Å²) in [5.41, 5.74) is 0. The van der Waals surface area contributed by atoms with Gasteiger partial charge in [-0.1, -0.05) is 0 Å². The summed E-state index contributed by atoms with van der Waals surface area (Å²) >= 11 is 0. The highest BCUT2D eigenvalue weighted by Gasteiger charge is 2.28. The number of hydrogen-bond acceptors (Lipinski definition) is 3. The van der Waals surface area contributed by atoms with Crippen molar-refractivity contribution in [1.82, 2.24) is 14.7 Å². The Kier molecular flexibility index (Phi) is 3.65. The first-order valence-electron chi connectivity index (χ1n) is 6.29. The van der Waals surface area contributed by atoms with Crippen molar-refractivity contribution in [1.29, 1.82) is 0 Å². The van der Waals surface area contributed by atoms with Crippen molar-refractivity contribution >= 4 is 0 Å². The molecule has 0 unspecified atom stereocenters. The van der Waals surface area contributed by atoms with Crippen molar-refractivity contribution in [3.63, 3.8) is 0 Å². The molecular formula is C12H25N3. The van der Waals surface area contributed by atoms with Gasteiger partial charge in [-0.15, -0.1) is 0 Å². The Hall–Kier alpha value is -0.120. The molecule has 0 aromatic rings. The third-order valence-corrected chi connectivity index (χ3v) is 4.20. The van der Waals surface area contributed by atoms with Crippen LogP contribution < -0.4 is 0 Å². The molecule has 0 N–H and O–H groups in total. The van der Waals surface area contributed by atoms with Gasteiger partial charge in [0.05, 0.1) is 0 Å². The maximum absolute atomic E-state index is 2.72. The second kappa shape index (κ2) is 4.81. The molecule has 0 aromatic carbocycles. The molecule has 0 spiro atoms. The maximum atomic E-state index is 2.72. The largest absolute Gasteiger partial charge is 0.306 e. The molecule has 2 heterocycles. The molecule has 0 amide bonds. The van der Waals surface area contributed by atoms with E-state index in [1.165, 1.54) is 45.6 Å². The molecule has 3 nitrogen and oxygen atoms in total. The van der Waals surface area contributed by atoms with Gasteiger partial charge in [0, 0.05) is 31.7 Å². The zero-order valence-electron chi connectivity index (χ0n) is 10.4. The van der Waals surface area contributed by atoms with E-state index in [-0.39, 0.29) is 0 Å². The van der Waals surface area contributed by atoms with Gasteiger partial charge >= 0.3 is 0 Å². The summed E-state index contributed by atoms with van der Waals surface area (Å²) in [5, 5.41) is 0. The third-order valence-electron chi connectivity index (χ3n) is 4.20. The van der Waals surface area contributed by atoms with E-state index < -0.39 is 0 Å². The molecule has 1 atom stereocenters. The quantitative estimate of drug-likeness (QED) is 0.633. The van der Waals surface area contributed by atoms with Gasteiger partial charge in [-0.2, -0.15) is 0 Å². The van der Waals surface area contributed by atoms with E-state index >= 15 is 0 Å². The molecule has 2 rings (SSSR count). The van der Waals surface area contributed by atoms with Crippen LogP contribution in [0.5, 0.6) is 0 Å². The number of nitrogens with zero attached hydrogens (tertiary/aromatic N) is 3. The molecular weight excluding hydrogens is 186 g/mol. The standard InChI is InChI=1S/C12H25N3/c1-11-10-15(9-8-14(11)3)12-4-6-13(2)7-5-12/h11-12H,4-10H2,1-3H3/t11-/m1/s1. The lowest BCUT2D eigenvalue weighted by Crippen LogP contribution is -2.55. The molecule has 88 valence electrons. The molecule has 0 aliphatic carbocycles. The number of likely N-dealkylation sites (N-methyl/N-ethyl adjacent to an activating group) is 1. The van der Waals surface area contributed by atoms with E-state index in [1.54, 1.807) is 0 Å². The van der Waals surface area contributed by atoms with Gasteiger partial charge in [0.15, 0.2) is 0 Å². The maximum Gasteiger partial charge on any atom is 0.0192 e. The fourth-order valence-electron chi connectivity index (χ4n) is 2.77. The first-order chi connectivity index (χ1) is 7.16. The van der Waals surface area contributed by atoms with Crippen LogP contribution in [0.15, 0.2) is 0 Å². The molecule has 0 aromatic heterocycles. The van der Waals surface area contributed by atoms with E-state index in [4.69, 9.17) is 0 Å². The fraction of sp³-hybridized carbons (Fsp3) is 1.00. The molecule has 2 aliphatic heterocycles. The van der Waals surface area contributed by atoms with Gasteiger partial charge in [-0.05, 0) is 47.0 Å². The van der Waals surface area contributed by atoms with Gasteiger partial charge in [0.2, 0.25) is 0 Å². The highest BCUT2D eigenvalue weighted by atomic mass is 15.3. The fourth-order valence-corrected chi connectivity index (χ4v) is 2.77. The molecule has 0 radical (unpaired) electrons. The Labute approximate surface area is 94.0 Å². The van der Waals surface area contributed by atoms with Gasteiger partial charge in [-0.3, -0.25) is 4.90 Å². The van der Waals surface area contributed by atoms with Crippen LogP contribution in [0.1, 0.15) is 19.8 Å².